The number of carbonyl (C=O) groups is 1. The Hall–Kier alpha value is -2.53. The molecule has 5 atom stereocenters. The molecular formula is C30H36N2O3. The first-order valence-electron chi connectivity index (χ1n) is 13.5. The Morgan fingerprint density at radius 1 is 1.23 bits per heavy atom. The predicted octanol–water partition coefficient (Wildman–Crippen LogP) is 4.99. The summed E-state index contributed by atoms with van der Waals surface area (Å²) in [5.41, 5.74) is 4.03. The van der Waals surface area contributed by atoms with Crippen molar-refractivity contribution in [2.75, 3.05) is 20.1 Å². The number of phenols is 1. The third-order valence-electron chi connectivity index (χ3n) is 10.5. The molecule has 0 unspecified atom stereocenters. The molecule has 2 bridgehead atoms. The average molecular weight is 473 g/mol. The summed E-state index contributed by atoms with van der Waals surface area (Å²) in [5.74, 6) is 1.91. The second-order valence-electron chi connectivity index (χ2n) is 12.1. The third kappa shape index (κ3) is 3.20. The fourth-order valence-electron chi connectivity index (χ4n) is 8.80. The SMILES string of the molecule is CN(C(=O)C=Cc1ccoc1)[C@@H]1C[C@@]23CCN(CC4CC4)[C@H]4CC[C@@H]1C[C@]42Cc1ccc(O)cc13. The number of likely N-dealkylation sites (tertiary alicyclic amines) is 1. The lowest BCUT2D eigenvalue weighted by molar-refractivity contribution is -0.151. The number of phenolic OH excluding ortho intramolecular Hbond substituents is 1. The summed E-state index contributed by atoms with van der Waals surface area (Å²) in [6.07, 6.45) is 16.6. The van der Waals surface area contributed by atoms with E-state index in [4.69, 9.17) is 4.42 Å². The summed E-state index contributed by atoms with van der Waals surface area (Å²) in [4.78, 5) is 18.2. The van der Waals surface area contributed by atoms with Gasteiger partial charge in [-0.1, -0.05) is 6.07 Å². The van der Waals surface area contributed by atoms with E-state index in [1.54, 1.807) is 18.6 Å². The number of likely N-dealkylation sites (N-methyl/N-ethyl adjacent to an activating group) is 1. The maximum atomic E-state index is 13.3. The number of furan rings is 1. The average Bonchev–Trinajstić information content (AvgIpc) is 3.43. The molecule has 2 heterocycles. The molecule has 4 fully saturated rings. The first-order chi connectivity index (χ1) is 17.0. The van der Waals surface area contributed by atoms with Crippen LogP contribution in [0.15, 0.2) is 47.3 Å². The lowest BCUT2D eigenvalue weighted by Gasteiger charge is -2.67. The standard InChI is InChI=1S/C30H36N2O3/c1-31(28(34)9-4-21-10-13-35-19-21)26-17-29-11-12-32(18-20-2-3-20)27-8-6-23(26)16-30(27,29)15-22-5-7-24(33)14-25(22)29/h4-5,7,9-10,13-14,19-20,23,26-27,33H,2-3,6,8,11-12,15-18H2,1H3/t23-,26-,27+,29-,30-/m1/s1. The van der Waals surface area contributed by atoms with E-state index in [0.29, 0.717) is 17.7 Å². The van der Waals surface area contributed by atoms with Crippen LogP contribution < -0.4 is 0 Å². The number of hydrogen-bond donors (Lipinski definition) is 1. The predicted molar refractivity (Wildman–Crippen MR) is 135 cm³/mol. The van der Waals surface area contributed by atoms with Gasteiger partial charge in [-0.15, -0.1) is 0 Å². The highest BCUT2D eigenvalue weighted by molar-refractivity contribution is 5.91. The maximum Gasteiger partial charge on any atom is 0.246 e. The van der Waals surface area contributed by atoms with E-state index in [-0.39, 0.29) is 22.8 Å². The van der Waals surface area contributed by atoms with Gasteiger partial charge in [-0.25, -0.2) is 0 Å². The normalized spacial score (nSPS) is 35.6. The summed E-state index contributed by atoms with van der Waals surface area (Å²) in [6.45, 7) is 2.42. The van der Waals surface area contributed by atoms with Gasteiger partial charge in [0.05, 0.1) is 12.5 Å². The van der Waals surface area contributed by atoms with Crippen LogP contribution in [0.4, 0.5) is 0 Å². The summed E-state index contributed by atoms with van der Waals surface area (Å²) in [7, 11) is 2.00. The molecule has 2 aromatic rings. The molecule has 35 heavy (non-hydrogen) atoms. The smallest absolute Gasteiger partial charge is 0.246 e. The van der Waals surface area contributed by atoms with Crippen LogP contribution in [0, 0.1) is 17.3 Å². The van der Waals surface area contributed by atoms with Gasteiger partial charge in [0.1, 0.15) is 5.75 Å². The Balaban J connectivity index is 1.25. The van der Waals surface area contributed by atoms with Crippen molar-refractivity contribution in [3.63, 3.8) is 0 Å². The number of nitrogens with zero attached hydrogens (tertiary/aromatic N) is 2. The van der Waals surface area contributed by atoms with Crippen molar-refractivity contribution in [3.05, 3.63) is 59.6 Å². The molecule has 1 saturated heterocycles. The number of carbonyl (C=O) groups excluding carboxylic acids is 1. The van der Waals surface area contributed by atoms with Crippen LogP contribution in [0.25, 0.3) is 6.08 Å². The molecule has 4 aliphatic carbocycles. The first-order valence-corrected chi connectivity index (χ1v) is 13.5. The molecule has 184 valence electrons. The monoisotopic (exact) mass is 472 g/mol. The number of aromatic hydroxyl groups is 1. The second kappa shape index (κ2) is 7.73. The van der Waals surface area contributed by atoms with Crippen molar-refractivity contribution in [3.8, 4) is 5.75 Å². The molecular weight excluding hydrogens is 436 g/mol. The Morgan fingerprint density at radius 3 is 2.91 bits per heavy atom. The van der Waals surface area contributed by atoms with Crippen molar-refractivity contribution in [1.29, 1.82) is 0 Å². The molecule has 1 spiro atoms. The third-order valence-corrected chi connectivity index (χ3v) is 10.5. The van der Waals surface area contributed by atoms with Crippen molar-refractivity contribution < 1.29 is 14.3 Å². The number of fused-ring (bicyclic) bond motifs is 2. The fraction of sp³-hybridized carbons (Fsp3) is 0.567. The summed E-state index contributed by atoms with van der Waals surface area (Å²) < 4.78 is 5.15. The molecule has 3 saturated carbocycles. The molecule has 1 amide bonds. The summed E-state index contributed by atoms with van der Waals surface area (Å²) >= 11 is 0. The van der Waals surface area contributed by atoms with E-state index < -0.39 is 0 Å². The minimum absolute atomic E-state index is 0.0518. The zero-order valence-corrected chi connectivity index (χ0v) is 20.7. The number of piperidine rings is 1. The molecule has 1 aromatic heterocycles. The lowest BCUT2D eigenvalue weighted by Crippen LogP contribution is -2.70. The quantitative estimate of drug-likeness (QED) is 0.623. The van der Waals surface area contributed by atoms with Crippen LogP contribution in [0.5, 0.6) is 5.75 Å². The minimum atomic E-state index is 0.0518. The van der Waals surface area contributed by atoms with E-state index >= 15 is 0 Å². The van der Waals surface area contributed by atoms with E-state index in [1.807, 2.05) is 30.2 Å². The van der Waals surface area contributed by atoms with Crippen LogP contribution in [-0.4, -0.2) is 53.0 Å². The van der Waals surface area contributed by atoms with Crippen molar-refractivity contribution in [1.82, 2.24) is 9.80 Å². The summed E-state index contributed by atoms with van der Waals surface area (Å²) in [6, 6.07) is 8.87. The largest absolute Gasteiger partial charge is 0.508 e. The van der Waals surface area contributed by atoms with Crippen molar-refractivity contribution in [2.24, 2.45) is 17.3 Å². The Morgan fingerprint density at radius 2 is 2.11 bits per heavy atom. The number of amides is 1. The highest BCUT2D eigenvalue weighted by atomic mass is 16.3. The molecule has 1 aromatic carbocycles. The topological polar surface area (TPSA) is 56.9 Å². The summed E-state index contributed by atoms with van der Waals surface area (Å²) in [5, 5.41) is 10.5. The number of hydrogen-bond acceptors (Lipinski definition) is 4. The number of benzene rings is 1. The van der Waals surface area contributed by atoms with Crippen LogP contribution in [0.2, 0.25) is 0 Å². The van der Waals surface area contributed by atoms with E-state index in [1.165, 1.54) is 49.8 Å². The Bertz CT molecular complexity index is 1170. The highest BCUT2D eigenvalue weighted by Crippen LogP contribution is 2.70. The van der Waals surface area contributed by atoms with Gasteiger partial charge in [0.2, 0.25) is 5.91 Å². The van der Waals surface area contributed by atoms with E-state index in [9.17, 15) is 9.90 Å². The van der Waals surface area contributed by atoms with Gasteiger partial charge in [-0.3, -0.25) is 9.69 Å². The van der Waals surface area contributed by atoms with Gasteiger partial charge in [0, 0.05) is 48.1 Å². The van der Waals surface area contributed by atoms with Gasteiger partial charge in [0.25, 0.3) is 0 Å². The zero-order chi connectivity index (χ0) is 23.8. The van der Waals surface area contributed by atoms with Crippen molar-refractivity contribution >= 4 is 12.0 Å². The molecule has 5 heteroatoms. The number of rotatable bonds is 5. The molecule has 0 radical (unpaired) electrons. The van der Waals surface area contributed by atoms with E-state index in [0.717, 1.165) is 37.3 Å². The van der Waals surface area contributed by atoms with Crippen LogP contribution in [-0.2, 0) is 16.6 Å². The van der Waals surface area contributed by atoms with Crippen molar-refractivity contribution in [2.45, 2.75) is 68.9 Å². The molecule has 1 aliphatic heterocycles. The van der Waals surface area contributed by atoms with Gasteiger partial charge >= 0.3 is 0 Å². The highest BCUT2D eigenvalue weighted by Gasteiger charge is 2.69. The molecule has 5 nitrogen and oxygen atoms in total. The first kappa shape index (κ1) is 21.7. The van der Waals surface area contributed by atoms with Crippen LogP contribution >= 0.6 is 0 Å². The Kier molecular flexibility index (Phi) is 4.80. The maximum absolute atomic E-state index is 13.3. The second-order valence-corrected chi connectivity index (χ2v) is 12.1. The molecule has 7 rings (SSSR count). The van der Waals surface area contributed by atoms with E-state index in [2.05, 4.69) is 17.0 Å². The van der Waals surface area contributed by atoms with Gasteiger partial charge < -0.3 is 14.4 Å². The zero-order valence-electron chi connectivity index (χ0n) is 20.7. The molecule has 1 N–H and O–H groups in total. The lowest BCUT2D eigenvalue weighted by atomic mass is 9.44. The van der Waals surface area contributed by atoms with Gasteiger partial charge in [0.15, 0.2) is 0 Å². The van der Waals surface area contributed by atoms with Crippen LogP contribution in [0.1, 0.15) is 61.6 Å². The fourth-order valence-corrected chi connectivity index (χ4v) is 8.80. The molecule has 5 aliphatic rings. The Labute approximate surface area is 207 Å². The minimum Gasteiger partial charge on any atom is -0.508 e. The van der Waals surface area contributed by atoms with Gasteiger partial charge in [-0.2, -0.15) is 0 Å². The van der Waals surface area contributed by atoms with Crippen LogP contribution in [0.3, 0.4) is 0 Å². The van der Waals surface area contributed by atoms with Gasteiger partial charge in [-0.05, 0) is 105 Å².